The quantitative estimate of drug-likeness (QED) is 0.727. The van der Waals surface area contributed by atoms with E-state index >= 15 is 0 Å². The molecule has 128 valence electrons. The lowest BCUT2D eigenvalue weighted by atomic mass is 9.94. The first-order chi connectivity index (χ1) is 12.1. The fourth-order valence-corrected chi connectivity index (χ4v) is 3.76. The second kappa shape index (κ2) is 6.65. The van der Waals surface area contributed by atoms with Crippen molar-refractivity contribution in [1.82, 2.24) is 19.9 Å². The normalized spacial score (nSPS) is 17.8. The Morgan fingerprint density at radius 2 is 2.16 bits per heavy atom. The van der Waals surface area contributed by atoms with Crippen molar-refractivity contribution < 1.29 is 4.79 Å². The van der Waals surface area contributed by atoms with E-state index in [1.807, 2.05) is 17.0 Å². The summed E-state index contributed by atoms with van der Waals surface area (Å²) in [5.41, 5.74) is 2.32. The fourth-order valence-electron chi connectivity index (χ4n) is 3.37. The van der Waals surface area contributed by atoms with Crippen LogP contribution in [0.5, 0.6) is 0 Å². The number of carbonyl (C=O) groups is 1. The van der Waals surface area contributed by atoms with Gasteiger partial charge in [0, 0.05) is 41.8 Å². The summed E-state index contributed by atoms with van der Waals surface area (Å²) in [4.78, 5) is 26.3. The van der Waals surface area contributed by atoms with Crippen molar-refractivity contribution in [2.45, 2.75) is 18.8 Å². The number of rotatable bonds is 2. The lowest BCUT2D eigenvalue weighted by Crippen LogP contribution is -2.39. The molecule has 1 saturated heterocycles. The van der Waals surface area contributed by atoms with Crippen LogP contribution in [0.3, 0.4) is 0 Å². The highest BCUT2D eigenvalue weighted by Gasteiger charge is 2.27. The van der Waals surface area contributed by atoms with Crippen LogP contribution in [0.4, 0.5) is 0 Å². The molecule has 1 amide bonds. The standard InChI is InChI=1S/C18H16Cl2N4O/c19-13-3-4-15-12(17(13)20)8-16(23-15)18(25)24-7-1-2-11(9-24)14-5-6-21-10-22-14/h3-6,8,10-11,23H,1-2,7,9H2. The molecule has 0 spiro atoms. The first-order valence-electron chi connectivity index (χ1n) is 8.15. The van der Waals surface area contributed by atoms with Crippen molar-refractivity contribution in [2.75, 3.05) is 13.1 Å². The molecule has 1 aromatic carbocycles. The topological polar surface area (TPSA) is 61.9 Å². The summed E-state index contributed by atoms with van der Waals surface area (Å²) in [5.74, 6) is 0.213. The number of carbonyl (C=O) groups excluding carboxylic acids is 1. The minimum atomic E-state index is -0.0258. The summed E-state index contributed by atoms with van der Waals surface area (Å²) < 4.78 is 0. The minimum absolute atomic E-state index is 0.0258. The summed E-state index contributed by atoms with van der Waals surface area (Å²) in [7, 11) is 0. The number of aromatic nitrogens is 3. The summed E-state index contributed by atoms with van der Waals surface area (Å²) in [6, 6.07) is 7.26. The second-order valence-corrected chi connectivity index (χ2v) is 7.02. The second-order valence-electron chi connectivity index (χ2n) is 6.23. The van der Waals surface area contributed by atoms with Crippen LogP contribution < -0.4 is 0 Å². The first-order valence-corrected chi connectivity index (χ1v) is 8.91. The molecule has 1 unspecified atom stereocenters. The zero-order valence-electron chi connectivity index (χ0n) is 13.4. The van der Waals surface area contributed by atoms with E-state index in [0.717, 1.165) is 36.0 Å². The zero-order valence-corrected chi connectivity index (χ0v) is 14.9. The van der Waals surface area contributed by atoms with Gasteiger partial charge in [-0.15, -0.1) is 0 Å². The van der Waals surface area contributed by atoms with E-state index in [2.05, 4.69) is 15.0 Å². The molecule has 1 N–H and O–H groups in total. The van der Waals surface area contributed by atoms with E-state index in [1.165, 1.54) is 0 Å². The van der Waals surface area contributed by atoms with Gasteiger partial charge < -0.3 is 9.88 Å². The average molecular weight is 375 g/mol. The summed E-state index contributed by atoms with van der Waals surface area (Å²) in [6.45, 7) is 1.39. The highest BCUT2D eigenvalue weighted by Crippen LogP contribution is 2.32. The van der Waals surface area contributed by atoms with Crippen LogP contribution in [-0.2, 0) is 0 Å². The van der Waals surface area contributed by atoms with Crippen LogP contribution in [0.15, 0.2) is 36.8 Å². The molecule has 0 saturated carbocycles. The number of hydrogen-bond donors (Lipinski definition) is 1. The fraction of sp³-hybridized carbons (Fsp3) is 0.278. The molecule has 25 heavy (non-hydrogen) atoms. The molecule has 3 heterocycles. The van der Waals surface area contributed by atoms with E-state index in [9.17, 15) is 4.79 Å². The summed E-state index contributed by atoms with van der Waals surface area (Å²) >= 11 is 12.3. The summed E-state index contributed by atoms with van der Waals surface area (Å²) in [5, 5.41) is 1.71. The number of nitrogens with zero attached hydrogens (tertiary/aromatic N) is 3. The van der Waals surface area contributed by atoms with Crippen molar-refractivity contribution in [1.29, 1.82) is 0 Å². The molecule has 0 aliphatic carbocycles. The molecule has 7 heteroatoms. The van der Waals surface area contributed by atoms with Gasteiger partial charge in [0.1, 0.15) is 12.0 Å². The highest BCUT2D eigenvalue weighted by atomic mass is 35.5. The molecule has 0 bridgehead atoms. The van der Waals surface area contributed by atoms with E-state index < -0.39 is 0 Å². The Morgan fingerprint density at radius 3 is 2.96 bits per heavy atom. The van der Waals surface area contributed by atoms with E-state index in [1.54, 1.807) is 24.7 Å². The van der Waals surface area contributed by atoms with Crippen LogP contribution in [0.25, 0.3) is 10.9 Å². The number of nitrogens with one attached hydrogen (secondary N) is 1. The van der Waals surface area contributed by atoms with Crippen molar-refractivity contribution in [3.05, 3.63) is 58.2 Å². The number of aromatic amines is 1. The largest absolute Gasteiger partial charge is 0.350 e. The molecule has 1 atom stereocenters. The van der Waals surface area contributed by atoms with Gasteiger partial charge in [-0.25, -0.2) is 9.97 Å². The van der Waals surface area contributed by atoms with E-state index in [4.69, 9.17) is 23.2 Å². The van der Waals surface area contributed by atoms with Gasteiger partial charge in [0.2, 0.25) is 0 Å². The third-order valence-electron chi connectivity index (χ3n) is 4.65. The van der Waals surface area contributed by atoms with Crippen LogP contribution in [-0.4, -0.2) is 38.8 Å². The third-order valence-corrected chi connectivity index (χ3v) is 5.47. The molecular formula is C18H16Cl2N4O. The summed E-state index contributed by atoms with van der Waals surface area (Å²) in [6.07, 6.45) is 5.27. The molecule has 4 rings (SSSR count). The van der Waals surface area contributed by atoms with Crippen LogP contribution in [0.2, 0.25) is 10.0 Å². The van der Waals surface area contributed by atoms with Gasteiger partial charge in [0.05, 0.1) is 10.0 Å². The highest BCUT2D eigenvalue weighted by molar-refractivity contribution is 6.45. The number of hydrogen-bond acceptors (Lipinski definition) is 3. The van der Waals surface area contributed by atoms with Gasteiger partial charge in [-0.3, -0.25) is 4.79 Å². The lowest BCUT2D eigenvalue weighted by Gasteiger charge is -2.32. The SMILES string of the molecule is O=C(c1cc2c(Cl)c(Cl)ccc2[nH]1)N1CCCC(c2ccncn2)C1. The number of benzene rings is 1. The van der Waals surface area contributed by atoms with Gasteiger partial charge in [-0.1, -0.05) is 23.2 Å². The molecule has 1 aliphatic heterocycles. The monoisotopic (exact) mass is 374 g/mol. The number of piperidine rings is 1. The van der Waals surface area contributed by atoms with Crippen molar-refractivity contribution >= 4 is 40.0 Å². The Hall–Kier alpha value is -2.11. The Kier molecular flexibility index (Phi) is 4.36. The smallest absolute Gasteiger partial charge is 0.270 e. The Morgan fingerprint density at radius 1 is 1.28 bits per heavy atom. The van der Waals surface area contributed by atoms with Crippen LogP contribution in [0.1, 0.15) is 34.9 Å². The van der Waals surface area contributed by atoms with Crippen LogP contribution >= 0.6 is 23.2 Å². The van der Waals surface area contributed by atoms with Gasteiger partial charge in [-0.2, -0.15) is 0 Å². The number of H-pyrrole nitrogens is 1. The maximum atomic E-state index is 12.9. The van der Waals surface area contributed by atoms with Gasteiger partial charge >= 0.3 is 0 Å². The molecule has 3 aromatic rings. The predicted octanol–water partition coefficient (Wildman–Crippen LogP) is 4.28. The predicted molar refractivity (Wildman–Crippen MR) is 98.2 cm³/mol. The Bertz CT molecular complexity index is 925. The van der Waals surface area contributed by atoms with E-state index in [-0.39, 0.29) is 11.8 Å². The molecular weight excluding hydrogens is 359 g/mol. The average Bonchev–Trinajstić information content (AvgIpc) is 3.10. The van der Waals surface area contributed by atoms with Crippen LogP contribution in [0, 0.1) is 0 Å². The van der Waals surface area contributed by atoms with E-state index in [0.29, 0.717) is 22.3 Å². The number of likely N-dealkylation sites (tertiary alicyclic amines) is 1. The molecule has 5 nitrogen and oxygen atoms in total. The van der Waals surface area contributed by atoms with Gasteiger partial charge in [0.25, 0.3) is 5.91 Å². The maximum Gasteiger partial charge on any atom is 0.270 e. The maximum absolute atomic E-state index is 12.9. The number of fused-ring (bicyclic) bond motifs is 1. The Balaban J connectivity index is 1.59. The van der Waals surface area contributed by atoms with Crippen molar-refractivity contribution in [3.8, 4) is 0 Å². The third kappa shape index (κ3) is 3.10. The number of halogens is 2. The van der Waals surface area contributed by atoms with Gasteiger partial charge in [0.15, 0.2) is 0 Å². The minimum Gasteiger partial charge on any atom is -0.350 e. The van der Waals surface area contributed by atoms with Crippen molar-refractivity contribution in [3.63, 3.8) is 0 Å². The zero-order chi connectivity index (χ0) is 17.4. The number of amides is 1. The Labute approximate surface area is 155 Å². The molecule has 1 fully saturated rings. The van der Waals surface area contributed by atoms with Crippen molar-refractivity contribution in [2.24, 2.45) is 0 Å². The van der Waals surface area contributed by atoms with Gasteiger partial charge in [-0.05, 0) is 37.1 Å². The lowest BCUT2D eigenvalue weighted by molar-refractivity contribution is 0.0701. The molecule has 1 aliphatic rings. The first kappa shape index (κ1) is 16.4. The molecule has 2 aromatic heterocycles. The molecule has 0 radical (unpaired) electrons.